The van der Waals surface area contributed by atoms with Crippen molar-refractivity contribution < 1.29 is 14.7 Å². The molecule has 6 heteroatoms. The van der Waals surface area contributed by atoms with E-state index in [1.807, 2.05) is 72.3 Å². The van der Waals surface area contributed by atoms with Crippen LogP contribution in [0.25, 0.3) is 0 Å². The summed E-state index contributed by atoms with van der Waals surface area (Å²) in [7, 11) is 0. The Morgan fingerprint density at radius 1 is 1.03 bits per heavy atom. The fourth-order valence-corrected chi connectivity index (χ4v) is 4.00. The van der Waals surface area contributed by atoms with Gasteiger partial charge in [-0.2, -0.15) is 5.10 Å². The van der Waals surface area contributed by atoms with Crippen LogP contribution in [0, 0.1) is 12.8 Å². The monoisotopic (exact) mass is 389 g/mol. The highest BCUT2D eigenvalue weighted by Gasteiger charge is 2.41. The Bertz CT molecular complexity index is 1010. The first-order valence-corrected chi connectivity index (χ1v) is 9.68. The van der Waals surface area contributed by atoms with Gasteiger partial charge >= 0.3 is 5.97 Å². The number of aromatic nitrogens is 2. The second-order valence-electron chi connectivity index (χ2n) is 7.46. The second kappa shape index (κ2) is 7.91. The van der Waals surface area contributed by atoms with E-state index in [2.05, 4.69) is 5.10 Å². The van der Waals surface area contributed by atoms with E-state index in [0.717, 1.165) is 16.8 Å². The number of aliphatic carboxylic acids is 1. The van der Waals surface area contributed by atoms with Crippen LogP contribution in [0.4, 0.5) is 0 Å². The van der Waals surface area contributed by atoms with Crippen LogP contribution in [-0.2, 0) is 11.3 Å². The van der Waals surface area contributed by atoms with Gasteiger partial charge in [0.15, 0.2) is 0 Å². The fraction of sp³-hybridized carbons (Fsp3) is 0.261. The van der Waals surface area contributed by atoms with Crippen LogP contribution in [0.15, 0.2) is 66.9 Å². The third kappa shape index (κ3) is 3.78. The molecule has 1 aliphatic heterocycles. The Hall–Kier alpha value is -3.41. The highest BCUT2D eigenvalue weighted by molar-refractivity contribution is 5.95. The van der Waals surface area contributed by atoms with Crippen LogP contribution < -0.4 is 0 Å². The lowest BCUT2D eigenvalue weighted by molar-refractivity contribution is -0.141. The molecule has 1 fully saturated rings. The van der Waals surface area contributed by atoms with Crippen molar-refractivity contribution in [3.8, 4) is 0 Å². The van der Waals surface area contributed by atoms with Crippen LogP contribution in [0.3, 0.4) is 0 Å². The minimum atomic E-state index is -0.870. The molecular formula is C23H23N3O3. The first-order valence-electron chi connectivity index (χ1n) is 9.68. The highest BCUT2D eigenvalue weighted by atomic mass is 16.4. The molecule has 1 aromatic heterocycles. The van der Waals surface area contributed by atoms with Crippen LogP contribution in [-0.4, -0.2) is 44.8 Å². The SMILES string of the molecule is Cc1c(C(=O)N2CC(C(=O)O)C(c3ccccc3)C2)cnn1Cc1ccccc1. The predicted octanol–water partition coefficient (Wildman–Crippen LogP) is 3.18. The standard InChI is InChI=1S/C23H23N3O3/c1-16-19(12-24-26(16)13-17-8-4-2-5-9-17)22(27)25-14-20(21(15-25)23(28)29)18-10-6-3-7-11-18/h2-12,20-21H,13-15H2,1H3,(H,28,29). The Labute approximate surface area is 169 Å². The van der Waals surface area contributed by atoms with Gasteiger partial charge in [-0.05, 0) is 18.1 Å². The third-order valence-electron chi connectivity index (χ3n) is 5.66. The minimum absolute atomic E-state index is 0.161. The quantitative estimate of drug-likeness (QED) is 0.727. The lowest BCUT2D eigenvalue weighted by Gasteiger charge is -2.16. The molecule has 0 spiro atoms. The van der Waals surface area contributed by atoms with E-state index in [-0.39, 0.29) is 18.4 Å². The summed E-state index contributed by atoms with van der Waals surface area (Å²) in [4.78, 5) is 26.6. The average Bonchev–Trinajstić information content (AvgIpc) is 3.34. The number of amides is 1. The molecule has 2 heterocycles. The first-order chi connectivity index (χ1) is 14.0. The van der Waals surface area contributed by atoms with E-state index < -0.39 is 11.9 Å². The summed E-state index contributed by atoms with van der Waals surface area (Å²) in [5.41, 5.74) is 3.37. The van der Waals surface area contributed by atoms with Gasteiger partial charge in [-0.25, -0.2) is 0 Å². The number of benzene rings is 2. The Morgan fingerprint density at radius 3 is 2.34 bits per heavy atom. The first kappa shape index (κ1) is 18.9. The summed E-state index contributed by atoms with van der Waals surface area (Å²) < 4.78 is 1.81. The third-order valence-corrected chi connectivity index (χ3v) is 5.66. The fourth-order valence-electron chi connectivity index (χ4n) is 4.00. The Kier molecular flexibility index (Phi) is 5.16. The van der Waals surface area contributed by atoms with E-state index in [4.69, 9.17) is 0 Å². The zero-order valence-corrected chi connectivity index (χ0v) is 16.2. The lowest BCUT2D eigenvalue weighted by atomic mass is 9.89. The second-order valence-corrected chi connectivity index (χ2v) is 7.46. The molecule has 1 saturated heterocycles. The average molecular weight is 389 g/mol. The smallest absolute Gasteiger partial charge is 0.308 e. The van der Waals surface area contributed by atoms with E-state index >= 15 is 0 Å². The van der Waals surface area contributed by atoms with Crippen molar-refractivity contribution in [3.05, 3.63) is 89.2 Å². The molecule has 6 nitrogen and oxygen atoms in total. The topological polar surface area (TPSA) is 75.4 Å². The lowest BCUT2D eigenvalue weighted by Crippen LogP contribution is -2.30. The van der Waals surface area contributed by atoms with Crippen molar-refractivity contribution in [2.75, 3.05) is 13.1 Å². The number of hydrogen-bond donors (Lipinski definition) is 1. The largest absolute Gasteiger partial charge is 0.481 e. The van der Waals surface area contributed by atoms with Crippen molar-refractivity contribution in [2.45, 2.75) is 19.4 Å². The maximum atomic E-state index is 13.2. The molecule has 4 rings (SSSR count). The van der Waals surface area contributed by atoms with E-state index in [9.17, 15) is 14.7 Å². The normalized spacial score (nSPS) is 18.7. The number of likely N-dealkylation sites (tertiary alicyclic amines) is 1. The van der Waals surface area contributed by atoms with E-state index in [1.54, 1.807) is 11.1 Å². The summed E-state index contributed by atoms with van der Waals surface area (Å²) in [5.74, 6) is -1.85. The molecule has 0 radical (unpaired) electrons. The molecule has 0 saturated carbocycles. The van der Waals surface area contributed by atoms with E-state index in [0.29, 0.717) is 18.7 Å². The number of carboxylic acid groups (broad SMARTS) is 1. The van der Waals surface area contributed by atoms with Gasteiger partial charge in [-0.3, -0.25) is 14.3 Å². The van der Waals surface area contributed by atoms with Crippen molar-refractivity contribution in [1.29, 1.82) is 0 Å². The molecule has 3 aromatic rings. The zero-order valence-electron chi connectivity index (χ0n) is 16.2. The zero-order chi connectivity index (χ0) is 20.4. The predicted molar refractivity (Wildman–Crippen MR) is 109 cm³/mol. The van der Waals surface area contributed by atoms with Gasteiger partial charge < -0.3 is 10.0 Å². The highest BCUT2D eigenvalue weighted by Crippen LogP contribution is 2.34. The molecule has 29 heavy (non-hydrogen) atoms. The van der Waals surface area contributed by atoms with Gasteiger partial charge in [-0.15, -0.1) is 0 Å². The summed E-state index contributed by atoms with van der Waals surface area (Å²) in [6.45, 7) is 3.06. The summed E-state index contributed by atoms with van der Waals surface area (Å²) in [5, 5.41) is 14.1. The summed E-state index contributed by atoms with van der Waals surface area (Å²) >= 11 is 0. The minimum Gasteiger partial charge on any atom is -0.481 e. The Morgan fingerprint density at radius 2 is 1.69 bits per heavy atom. The molecule has 2 unspecified atom stereocenters. The Balaban J connectivity index is 1.55. The number of carbonyl (C=O) groups is 2. The van der Waals surface area contributed by atoms with Crippen LogP contribution in [0.1, 0.15) is 33.1 Å². The molecule has 0 aliphatic carbocycles. The van der Waals surface area contributed by atoms with Gasteiger partial charge in [0.1, 0.15) is 0 Å². The molecule has 1 aliphatic rings. The maximum Gasteiger partial charge on any atom is 0.308 e. The van der Waals surface area contributed by atoms with Gasteiger partial charge in [0.05, 0.1) is 24.2 Å². The molecule has 1 amide bonds. The number of rotatable bonds is 5. The maximum absolute atomic E-state index is 13.2. The van der Waals surface area contributed by atoms with Crippen LogP contribution >= 0.6 is 0 Å². The van der Waals surface area contributed by atoms with Crippen LogP contribution in [0.2, 0.25) is 0 Å². The molecule has 2 atom stereocenters. The van der Waals surface area contributed by atoms with Gasteiger partial charge in [0.2, 0.25) is 0 Å². The molecule has 0 bridgehead atoms. The molecule has 1 N–H and O–H groups in total. The van der Waals surface area contributed by atoms with Crippen molar-refractivity contribution >= 4 is 11.9 Å². The van der Waals surface area contributed by atoms with Crippen molar-refractivity contribution in [2.24, 2.45) is 5.92 Å². The summed E-state index contributed by atoms with van der Waals surface area (Å²) in [6.07, 6.45) is 1.59. The van der Waals surface area contributed by atoms with Crippen LogP contribution in [0.5, 0.6) is 0 Å². The molecule has 148 valence electrons. The molecule has 2 aromatic carbocycles. The van der Waals surface area contributed by atoms with Crippen molar-refractivity contribution in [1.82, 2.24) is 14.7 Å². The van der Waals surface area contributed by atoms with Gasteiger partial charge in [0, 0.05) is 24.7 Å². The number of carbonyl (C=O) groups excluding carboxylic acids is 1. The number of carboxylic acids is 1. The van der Waals surface area contributed by atoms with Crippen molar-refractivity contribution in [3.63, 3.8) is 0 Å². The van der Waals surface area contributed by atoms with E-state index in [1.165, 1.54) is 0 Å². The molecular weight excluding hydrogens is 366 g/mol. The van der Waals surface area contributed by atoms with Gasteiger partial charge in [-0.1, -0.05) is 60.7 Å². The number of hydrogen-bond acceptors (Lipinski definition) is 3. The summed E-state index contributed by atoms with van der Waals surface area (Å²) in [6, 6.07) is 19.5. The van der Waals surface area contributed by atoms with Gasteiger partial charge in [0.25, 0.3) is 5.91 Å². The number of nitrogens with zero attached hydrogens (tertiary/aromatic N) is 3.